The van der Waals surface area contributed by atoms with E-state index in [1.54, 1.807) is 13.0 Å². The lowest BCUT2D eigenvalue weighted by Crippen LogP contribution is -2.51. The molecule has 2 aliphatic rings. The number of hydrogen-bond acceptors (Lipinski definition) is 3. The molecule has 0 heterocycles. The molecular formula is C25H38O4. The van der Waals surface area contributed by atoms with Crippen LogP contribution in [0.4, 0.5) is 0 Å². The zero-order chi connectivity index (χ0) is 21.8. The molecule has 4 atom stereocenters. The van der Waals surface area contributed by atoms with Crippen LogP contribution in [0.3, 0.4) is 0 Å². The van der Waals surface area contributed by atoms with Crippen LogP contribution in [0.2, 0.25) is 0 Å². The van der Waals surface area contributed by atoms with E-state index in [4.69, 9.17) is 9.84 Å². The Morgan fingerprint density at radius 2 is 1.97 bits per heavy atom. The summed E-state index contributed by atoms with van der Waals surface area (Å²) in [6, 6.07) is 0. The minimum absolute atomic E-state index is 0.0297. The van der Waals surface area contributed by atoms with E-state index in [0.29, 0.717) is 24.0 Å². The van der Waals surface area contributed by atoms with Crippen LogP contribution in [0.25, 0.3) is 0 Å². The SMILES string of the molecule is CC=C(C)C(=O)OCC1(C)CCCC2(C)C(CCC(C)=CC(=O)O)C(C)=CCC12. The number of carbonyl (C=O) groups is 2. The number of hydrogen-bond donors (Lipinski definition) is 1. The van der Waals surface area contributed by atoms with Gasteiger partial charge in [0.1, 0.15) is 0 Å². The molecule has 4 heteroatoms. The number of carboxylic acid groups (broad SMARTS) is 1. The standard InChI is InChI=1S/C25H38O4/c1-7-18(3)23(28)29-16-24(5)13-8-14-25(6)20(19(4)10-12-21(24)25)11-9-17(2)15-22(26)27/h7,10,15,20-21H,8-9,11-14,16H2,1-6H3,(H,26,27). The van der Waals surface area contributed by atoms with Gasteiger partial charge < -0.3 is 9.84 Å². The van der Waals surface area contributed by atoms with Crippen molar-refractivity contribution in [2.24, 2.45) is 22.7 Å². The maximum absolute atomic E-state index is 12.2. The van der Waals surface area contributed by atoms with Gasteiger partial charge in [-0.1, -0.05) is 43.6 Å². The van der Waals surface area contributed by atoms with Gasteiger partial charge in [0.2, 0.25) is 0 Å². The smallest absolute Gasteiger partial charge is 0.333 e. The number of rotatable bonds is 7. The first-order valence-corrected chi connectivity index (χ1v) is 10.9. The maximum Gasteiger partial charge on any atom is 0.333 e. The molecule has 0 spiro atoms. The van der Waals surface area contributed by atoms with Gasteiger partial charge in [-0.2, -0.15) is 0 Å². The molecule has 2 rings (SSSR count). The highest BCUT2D eigenvalue weighted by Crippen LogP contribution is 2.60. The van der Waals surface area contributed by atoms with E-state index >= 15 is 0 Å². The zero-order valence-corrected chi connectivity index (χ0v) is 19.0. The van der Waals surface area contributed by atoms with Crippen LogP contribution in [0.1, 0.15) is 80.1 Å². The van der Waals surface area contributed by atoms with Gasteiger partial charge in [0, 0.05) is 17.1 Å². The molecule has 0 aromatic heterocycles. The molecule has 0 radical (unpaired) electrons. The van der Waals surface area contributed by atoms with Crippen LogP contribution in [0.15, 0.2) is 34.9 Å². The first kappa shape index (κ1) is 23.4. The first-order valence-electron chi connectivity index (χ1n) is 10.9. The Labute approximate surface area is 176 Å². The highest BCUT2D eigenvalue weighted by Gasteiger charge is 2.53. The Hall–Kier alpha value is -1.84. The predicted molar refractivity (Wildman–Crippen MR) is 116 cm³/mol. The average molecular weight is 403 g/mol. The summed E-state index contributed by atoms with van der Waals surface area (Å²) in [5.74, 6) is -0.189. The molecule has 0 aromatic carbocycles. The number of allylic oxidation sites excluding steroid dienone is 4. The number of carbonyl (C=O) groups excluding carboxylic acids is 1. The third kappa shape index (κ3) is 5.21. The topological polar surface area (TPSA) is 63.6 Å². The van der Waals surface area contributed by atoms with E-state index in [0.717, 1.165) is 37.7 Å². The van der Waals surface area contributed by atoms with E-state index < -0.39 is 5.97 Å². The van der Waals surface area contributed by atoms with Crippen molar-refractivity contribution in [1.82, 2.24) is 0 Å². The predicted octanol–water partition coefficient (Wildman–Crippen LogP) is 6.09. The second-order valence-electron chi connectivity index (χ2n) is 9.72. The summed E-state index contributed by atoms with van der Waals surface area (Å²) >= 11 is 0. The summed E-state index contributed by atoms with van der Waals surface area (Å²) in [6.07, 6.45) is 11.7. The minimum Gasteiger partial charge on any atom is -0.478 e. The molecule has 4 nitrogen and oxygen atoms in total. The molecule has 0 aromatic rings. The molecule has 1 saturated carbocycles. The summed E-state index contributed by atoms with van der Waals surface area (Å²) in [5.41, 5.74) is 3.13. The molecule has 0 saturated heterocycles. The second kappa shape index (κ2) is 9.32. The van der Waals surface area contributed by atoms with Gasteiger partial charge in [-0.3, -0.25) is 0 Å². The van der Waals surface area contributed by atoms with Crippen LogP contribution in [-0.4, -0.2) is 23.7 Å². The fourth-order valence-electron chi connectivity index (χ4n) is 5.80. The molecule has 0 amide bonds. The third-order valence-corrected chi connectivity index (χ3v) is 7.61. The highest BCUT2D eigenvalue weighted by atomic mass is 16.5. The van der Waals surface area contributed by atoms with Crippen molar-refractivity contribution in [1.29, 1.82) is 0 Å². The van der Waals surface area contributed by atoms with Crippen molar-refractivity contribution in [2.45, 2.75) is 80.1 Å². The molecular weight excluding hydrogens is 364 g/mol. The molecule has 1 fully saturated rings. The van der Waals surface area contributed by atoms with E-state index in [-0.39, 0.29) is 16.8 Å². The Kier molecular flexibility index (Phi) is 7.53. The molecule has 2 aliphatic carbocycles. The van der Waals surface area contributed by atoms with Gasteiger partial charge in [0.15, 0.2) is 0 Å². The highest BCUT2D eigenvalue weighted by molar-refractivity contribution is 5.87. The van der Waals surface area contributed by atoms with Gasteiger partial charge >= 0.3 is 11.9 Å². The van der Waals surface area contributed by atoms with E-state index in [2.05, 4.69) is 26.8 Å². The Balaban J connectivity index is 2.20. The molecule has 4 unspecified atom stereocenters. The van der Waals surface area contributed by atoms with Gasteiger partial charge in [0.05, 0.1) is 6.61 Å². The minimum atomic E-state index is -0.869. The summed E-state index contributed by atoms with van der Waals surface area (Å²) in [7, 11) is 0. The fraction of sp³-hybridized carbons (Fsp3) is 0.680. The van der Waals surface area contributed by atoms with E-state index in [9.17, 15) is 9.59 Å². The molecule has 29 heavy (non-hydrogen) atoms. The lowest BCUT2D eigenvalue weighted by atomic mass is 9.48. The lowest BCUT2D eigenvalue weighted by molar-refractivity contribution is -0.149. The van der Waals surface area contributed by atoms with Crippen LogP contribution < -0.4 is 0 Å². The largest absolute Gasteiger partial charge is 0.478 e. The molecule has 1 N–H and O–H groups in total. The van der Waals surface area contributed by atoms with Crippen molar-refractivity contribution in [2.75, 3.05) is 6.61 Å². The van der Waals surface area contributed by atoms with Gasteiger partial charge in [-0.25, -0.2) is 9.59 Å². The number of fused-ring (bicyclic) bond motifs is 1. The summed E-state index contributed by atoms with van der Waals surface area (Å²) in [4.78, 5) is 23.2. The van der Waals surface area contributed by atoms with Crippen molar-refractivity contribution in [3.8, 4) is 0 Å². The fourth-order valence-corrected chi connectivity index (χ4v) is 5.80. The number of ether oxygens (including phenoxy) is 1. The quantitative estimate of drug-likeness (QED) is 0.318. The van der Waals surface area contributed by atoms with Gasteiger partial charge in [-0.15, -0.1) is 0 Å². The van der Waals surface area contributed by atoms with Crippen LogP contribution in [0.5, 0.6) is 0 Å². The number of esters is 1. The zero-order valence-electron chi connectivity index (χ0n) is 19.0. The van der Waals surface area contributed by atoms with Crippen molar-refractivity contribution in [3.63, 3.8) is 0 Å². The van der Waals surface area contributed by atoms with E-state index in [1.807, 2.05) is 13.8 Å². The summed E-state index contributed by atoms with van der Waals surface area (Å²) in [5, 5.41) is 9.01. The van der Waals surface area contributed by atoms with E-state index in [1.165, 1.54) is 18.1 Å². The van der Waals surface area contributed by atoms with Gasteiger partial charge in [-0.05, 0) is 77.0 Å². The average Bonchev–Trinajstić information content (AvgIpc) is 2.64. The monoisotopic (exact) mass is 402 g/mol. The molecule has 0 bridgehead atoms. The van der Waals surface area contributed by atoms with Crippen molar-refractivity contribution < 1.29 is 19.4 Å². The summed E-state index contributed by atoms with van der Waals surface area (Å²) in [6.45, 7) is 12.9. The number of aliphatic carboxylic acids is 1. The Morgan fingerprint density at radius 3 is 2.59 bits per heavy atom. The van der Waals surface area contributed by atoms with Crippen LogP contribution in [0, 0.1) is 22.7 Å². The maximum atomic E-state index is 12.2. The van der Waals surface area contributed by atoms with Gasteiger partial charge in [0.25, 0.3) is 0 Å². The third-order valence-electron chi connectivity index (χ3n) is 7.61. The van der Waals surface area contributed by atoms with Crippen LogP contribution >= 0.6 is 0 Å². The second-order valence-corrected chi connectivity index (χ2v) is 9.72. The first-order chi connectivity index (χ1) is 13.5. The molecule has 162 valence electrons. The van der Waals surface area contributed by atoms with Crippen LogP contribution in [-0.2, 0) is 14.3 Å². The van der Waals surface area contributed by atoms with Crippen molar-refractivity contribution >= 4 is 11.9 Å². The Morgan fingerprint density at radius 1 is 1.28 bits per heavy atom. The van der Waals surface area contributed by atoms with Crippen molar-refractivity contribution in [3.05, 3.63) is 34.9 Å². The lowest BCUT2D eigenvalue weighted by Gasteiger charge is -2.57. The normalized spacial score (nSPS) is 33.0. The summed E-state index contributed by atoms with van der Waals surface area (Å²) < 4.78 is 5.73. The Bertz CT molecular complexity index is 729. The molecule has 0 aliphatic heterocycles. The number of carboxylic acids is 1.